The Hall–Kier alpha value is -3.22. The molecule has 2 aromatic rings. The minimum Gasteiger partial charge on any atom is -0.496 e. The second-order valence-corrected chi connectivity index (χ2v) is 6.43. The fourth-order valence-electron chi connectivity index (χ4n) is 2.84. The summed E-state index contributed by atoms with van der Waals surface area (Å²) in [4.78, 5) is 24.8. The Morgan fingerprint density at radius 2 is 1.59 bits per heavy atom. The van der Waals surface area contributed by atoms with Gasteiger partial charge in [-0.2, -0.15) is 0 Å². The first kappa shape index (κ1) is 22.1. The molecular formula is C22H27NO6. The lowest BCUT2D eigenvalue weighted by atomic mass is 9.97. The summed E-state index contributed by atoms with van der Waals surface area (Å²) < 4.78 is 20.8. The van der Waals surface area contributed by atoms with Crippen molar-refractivity contribution >= 4 is 17.6 Å². The van der Waals surface area contributed by atoms with Crippen LogP contribution in [0.25, 0.3) is 0 Å². The largest absolute Gasteiger partial charge is 0.496 e. The number of methoxy groups -OCH3 is 3. The van der Waals surface area contributed by atoms with Crippen molar-refractivity contribution in [2.75, 3.05) is 33.3 Å². The molecule has 0 aromatic heterocycles. The molecule has 2 rings (SSSR count). The molecule has 0 saturated heterocycles. The average molecular weight is 401 g/mol. The summed E-state index contributed by atoms with van der Waals surface area (Å²) in [5.74, 6) is 0.203. The number of hydrogen-bond acceptors (Lipinski definition) is 6. The third-order valence-electron chi connectivity index (χ3n) is 4.64. The zero-order chi connectivity index (χ0) is 21.4. The minimum absolute atomic E-state index is 0.137. The quantitative estimate of drug-likeness (QED) is 0.639. The Morgan fingerprint density at radius 3 is 2.21 bits per heavy atom. The number of rotatable bonds is 9. The summed E-state index contributed by atoms with van der Waals surface area (Å²) in [6, 6.07) is 10.6. The SMILES string of the molecule is CC[C@H](C)c1ccccc1NC(=O)COC(=O)c1cc(OC)c(OC)cc1OC. The number of carbonyl (C=O) groups is 2. The summed E-state index contributed by atoms with van der Waals surface area (Å²) in [5.41, 5.74) is 1.89. The maximum absolute atomic E-state index is 12.5. The van der Waals surface area contributed by atoms with E-state index in [1.807, 2.05) is 24.3 Å². The molecule has 7 nitrogen and oxygen atoms in total. The van der Waals surface area contributed by atoms with Crippen molar-refractivity contribution in [2.45, 2.75) is 26.2 Å². The fourth-order valence-corrected chi connectivity index (χ4v) is 2.84. The lowest BCUT2D eigenvalue weighted by molar-refractivity contribution is -0.119. The van der Waals surface area contributed by atoms with E-state index in [1.165, 1.54) is 33.5 Å². The highest BCUT2D eigenvalue weighted by Gasteiger charge is 2.20. The lowest BCUT2D eigenvalue weighted by Gasteiger charge is -2.16. The number of ether oxygens (including phenoxy) is 4. The normalized spacial score (nSPS) is 11.3. The highest BCUT2D eigenvalue weighted by Crippen LogP contribution is 2.35. The van der Waals surface area contributed by atoms with E-state index in [-0.39, 0.29) is 11.3 Å². The molecule has 0 spiro atoms. The van der Waals surface area contributed by atoms with Crippen molar-refractivity contribution in [3.8, 4) is 17.2 Å². The van der Waals surface area contributed by atoms with Gasteiger partial charge in [-0.05, 0) is 24.0 Å². The first-order chi connectivity index (χ1) is 13.9. The summed E-state index contributed by atoms with van der Waals surface area (Å²) in [7, 11) is 4.37. The van der Waals surface area contributed by atoms with Crippen LogP contribution in [-0.4, -0.2) is 39.8 Å². The van der Waals surface area contributed by atoms with Crippen LogP contribution in [-0.2, 0) is 9.53 Å². The van der Waals surface area contributed by atoms with Gasteiger partial charge in [0, 0.05) is 17.8 Å². The van der Waals surface area contributed by atoms with Crippen LogP contribution >= 0.6 is 0 Å². The predicted octanol–water partition coefficient (Wildman–Crippen LogP) is 4.02. The smallest absolute Gasteiger partial charge is 0.342 e. The molecule has 0 aliphatic heterocycles. The van der Waals surface area contributed by atoms with E-state index in [0.717, 1.165) is 12.0 Å². The van der Waals surface area contributed by atoms with E-state index in [0.29, 0.717) is 23.1 Å². The molecule has 29 heavy (non-hydrogen) atoms. The molecule has 1 amide bonds. The van der Waals surface area contributed by atoms with E-state index in [2.05, 4.69) is 19.2 Å². The zero-order valence-electron chi connectivity index (χ0n) is 17.4. The summed E-state index contributed by atoms with van der Waals surface area (Å²) in [6.45, 7) is 3.75. The van der Waals surface area contributed by atoms with Gasteiger partial charge in [0.25, 0.3) is 5.91 Å². The summed E-state index contributed by atoms with van der Waals surface area (Å²) >= 11 is 0. The van der Waals surface area contributed by atoms with Gasteiger partial charge in [0.15, 0.2) is 18.1 Å². The summed E-state index contributed by atoms with van der Waals surface area (Å²) in [5, 5.41) is 2.81. The van der Waals surface area contributed by atoms with Crippen molar-refractivity contribution in [1.29, 1.82) is 0 Å². The number of anilines is 1. The number of benzene rings is 2. The Kier molecular flexibility index (Phi) is 7.88. The molecule has 0 radical (unpaired) electrons. The predicted molar refractivity (Wildman–Crippen MR) is 110 cm³/mol. The van der Waals surface area contributed by atoms with Crippen molar-refractivity contribution in [1.82, 2.24) is 0 Å². The second kappa shape index (κ2) is 10.4. The van der Waals surface area contributed by atoms with Crippen molar-refractivity contribution in [3.63, 3.8) is 0 Å². The molecule has 7 heteroatoms. The van der Waals surface area contributed by atoms with Gasteiger partial charge in [-0.25, -0.2) is 4.79 Å². The second-order valence-electron chi connectivity index (χ2n) is 6.43. The number of para-hydroxylation sites is 1. The van der Waals surface area contributed by atoms with E-state index < -0.39 is 18.5 Å². The van der Waals surface area contributed by atoms with Gasteiger partial charge in [0.1, 0.15) is 11.3 Å². The van der Waals surface area contributed by atoms with Gasteiger partial charge in [-0.15, -0.1) is 0 Å². The maximum atomic E-state index is 12.5. The molecule has 0 heterocycles. The number of hydrogen-bond donors (Lipinski definition) is 1. The number of esters is 1. The standard InChI is InChI=1S/C22H27NO6/c1-6-14(2)15-9-7-8-10-17(15)23-21(24)13-29-22(25)16-11-19(27-4)20(28-5)12-18(16)26-3/h7-12,14H,6,13H2,1-5H3,(H,23,24)/t14-/m0/s1. The molecule has 0 bridgehead atoms. The molecule has 0 aliphatic rings. The topological polar surface area (TPSA) is 83.1 Å². The van der Waals surface area contributed by atoms with E-state index in [1.54, 1.807) is 0 Å². The highest BCUT2D eigenvalue weighted by atomic mass is 16.5. The van der Waals surface area contributed by atoms with Crippen LogP contribution in [0.15, 0.2) is 36.4 Å². The minimum atomic E-state index is -0.701. The zero-order valence-corrected chi connectivity index (χ0v) is 17.4. The molecular weight excluding hydrogens is 374 g/mol. The molecule has 0 unspecified atom stereocenters. The van der Waals surface area contributed by atoms with Gasteiger partial charge >= 0.3 is 5.97 Å². The monoisotopic (exact) mass is 401 g/mol. The van der Waals surface area contributed by atoms with Gasteiger partial charge in [0.05, 0.1) is 21.3 Å². The van der Waals surface area contributed by atoms with Crippen LogP contribution in [0.5, 0.6) is 17.2 Å². The Labute approximate surface area is 170 Å². The molecule has 1 N–H and O–H groups in total. The van der Waals surface area contributed by atoms with Crippen LogP contribution in [0.3, 0.4) is 0 Å². The number of carbonyl (C=O) groups excluding carboxylic acids is 2. The molecule has 2 aromatic carbocycles. The molecule has 0 aliphatic carbocycles. The van der Waals surface area contributed by atoms with Gasteiger partial charge in [0.2, 0.25) is 0 Å². The first-order valence-electron chi connectivity index (χ1n) is 9.31. The van der Waals surface area contributed by atoms with Crippen LogP contribution < -0.4 is 19.5 Å². The Morgan fingerprint density at radius 1 is 0.966 bits per heavy atom. The third kappa shape index (κ3) is 5.40. The van der Waals surface area contributed by atoms with Crippen LogP contribution in [0.2, 0.25) is 0 Å². The summed E-state index contributed by atoms with van der Waals surface area (Å²) in [6.07, 6.45) is 0.945. The van der Waals surface area contributed by atoms with Gasteiger partial charge < -0.3 is 24.3 Å². The van der Waals surface area contributed by atoms with Crippen molar-refractivity contribution in [2.24, 2.45) is 0 Å². The van der Waals surface area contributed by atoms with E-state index in [9.17, 15) is 9.59 Å². The Balaban J connectivity index is 2.09. The third-order valence-corrected chi connectivity index (χ3v) is 4.64. The molecule has 156 valence electrons. The average Bonchev–Trinajstić information content (AvgIpc) is 2.76. The Bertz CT molecular complexity index is 864. The van der Waals surface area contributed by atoms with Crippen LogP contribution in [0.4, 0.5) is 5.69 Å². The van der Waals surface area contributed by atoms with Crippen molar-refractivity contribution < 1.29 is 28.5 Å². The number of amides is 1. The molecule has 1 atom stereocenters. The number of nitrogens with one attached hydrogen (secondary N) is 1. The van der Waals surface area contributed by atoms with Crippen molar-refractivity contribution in [3.05, 3.63) is 47.5 Å². The first-order valence-corrected chi connectivity index (χ1v) is 9.31. The van der Waals surface area contributed by atoms with E-state index >= 15 is 0 Å². The maximum Gasteiger partial charge on any atom is 0.342 e. The highest BCUT2D eigenvalue weighted by molar-refractivity contribution is 5.97. The lowest BCUT2D eigenvalue weighted by Crippen LogP contribution is -2.22. The van der Waals surface area contributed by atoms with Gasteiger partial charge in [-0.3, -0.25) is 4.79 Å². The van der Waals surface area contributed by atoms with Crippen LogP contribution in [0, 0.1) is 0 Å². The van der Waals surface area contributed by atoms with Crippen LogP contribution in [0.1, 0.15) is 42.1 Å². The van der Waals surface area contributed by atoms with Gasteiger partial charge in [-0.1, -0.05) is 32.0 Å². The molecule has 0 fully saturated rings. The fraction of sp³-hybridized carbons (Fsp3) is 0.364. The molecule has 0 saturated carbocycles. The van der Waals surface area contributed by atoms with E-state index in [4.69, 9.17) is 18.9 Å².